The number of morpholine rings is 1. The summed E-state index contributed by atoms with van der Waals surface area (Å²) in [7, 11) is 0. The molecule has 2 heterocycles. The molecule has 0 spiro atoms. The van der Waals surface area contributed by atoms with Gasteiger partial charge in [-0.3, -0.25) is 9.69 Å². The van der Waals surface area contributed by atoms with Crippen LogP contribution in [0.2, 0.25) is 0 Å². The van der Waals surface area contributed by atoms with Crippen LogP contribution in [0, 0.1) is 5.92 Å². The van der Waals surface area contributed by atoms with Crippen LogP contribution in [-0.4, -0.2) is 65.9 Å². The van der Waals surface area contributed by atoms with Gasteiger partial charge in [-0.05, 0) is 11.1 Å². The summed E-state index contributed by atoms with van der Waals surface area (Å²) < 4.78 is 11.3. The maximum Gasteiger partial charge on any atom is 0.328 e. The van der Waals surface area contributed by atoms with Gasteiger partial charge in [0.05, 0.1) is 19.1 Å². The molecule has 0 bridgehead atoms. The van der Waals surface area contributed by atoms with E-state index in [1.807, 2.05) is 48.5 Å². The third-order valence-corrected chi connectivity index (χ3v) is 5.55. The largest absolute Gasteiger partial charge is 0.478 e. The molecule has 33 heavy (non-hydrogen) atoms. The van der Waals surface area contributed by atoms with Crippen LogP contribution < -0.4 is 0 Å². The number of carboxylic acids is 2. The zero-order chi connectivity index (χ0) is 23.6. The summed E-state index contributed by atoms with van der Waals surface area (Å²) in [6, 6.07) is 20.4. The molecule has 8 heteroatoms. The number of cyclic esters (lactones) is 1. The predicted octanol–water partition coefficient (Wildman–Crippen LogP) is 2.73. The van der Waals surface area contributed by atoms with Crippen LogP contribution in [0.25, 0.3) is 0 Å². The van der Waals surface area contributed by atoms with Gasteiger partial charge in [0.25, 0.3) is 0 Å². The molecule has 8 nitrogen and oxygen atoms in total. The molecule has 174 valence electrons. The first-order valence-electron chi connectivity index (χ1n) is 10.7. The molecule has 2 aromatic carbocycles. The first-order valence-corrected chi connectivity index (χ1v) is 10.7. The van der Waals surface area contributed by atoms with Gasteiger partial charge in [0.1, 0.15) is 6.10 Å². The molecule has 0 radical (unpaired) electrons. The van der Waals surface area contributed by atoms with E-state index in [4.69, 9.17) is 19.7 Å². The Labute approximate surface area is 192 Å². The summed E-state index contributed by atoms with van der Waals surface area (Å²) in [4.78, 5) is 34.2. The Bertz CT molecular complexity index is 939. The molecule has 0 amide bonds. The lowest BCUT2D eigenvalue weighted by Gasteiger charge is -2.30. The lowest BCUT2D eigenvalue weighted by Crippen LogP contribution is -2.41. The van der Waals surface area contributed by atoms with Gasteiger partial charge in [-0.15, -0.1) is 0 Å². The number of benzene rings is 2. The topological polar surface area (TPSA) is 113 Å². The van der Waals surface area contributed by atoms with Crippen molar-refractivity contribution in [2.45, 2.75) is 12.0 Å². The Morgan fingerprint density at radius 2 is 1.39 bits per heavy atom. The van der Waals surface area contributed by atoms with Crippen molar-refractivity contribution >= 4 is 17.9 Å². The van der Waals surface area contributed by atoms with Crippen molar-refractivity contribution in [3.8, 4) is 0 Å². The fourth-order valence-corrected chi connectivity index (χ4v) is 4.04. The van der Waals surface area contributed by atoms with Crippen LogP contribution in [0.4, 0.5) is 0 Å². The van der Waals surface area contributed by atoms with Crippen molar-refractivity contribution in [3.63, 3.8) is 0 Å². The van der Waals surface area contributed by atoms with E-state index in [-0.39, 0.29) is 23.9 Å². The van der Waals surface area contributed by atoms with Crippen molar-refractivity contribution in [2.75, 3.05) is 32.8 Å². The number of nitrogens with zero attached hydrogens (tertiary/aromatic N) is 1. The molecule has 4 rings (SSSR count). The first kappa shape index (κ1) is 24.2. The highest BCUT2D eigenvalue weighted by atomic mass is 16.6. The number of carboxylic acid groups (broad SMARTS) is 2. The highest BCUT2D eigenvalue weighted by Crippen LogP contribution is 2.46. The maximum absolute atomic E-state index is 12.7. The van der Waals surface area contributed by atoms with Gasteiger partial charge in [-0.1, -0.05) is 60.7 Å². The Balaban J connectivity index is 0.000000331. The normalized spacial score (nSPS) is 22.9. The smallest absolute Gasteiger partial charge is 0.328 e. The summed E-state index contributed by atoms with van der Waals surface area (Å²) in [5.41, 5.74) is 2.23. The Morgan fingerprint density at radius 1 is 0.879 bits per heavy atom. The van der Waals surface area contributed by atoms with E-state index in [9.17, 15) is 14.4 Å². The van der Waals surface area contributed by atoms with Crippen molar-refractivity contribution in [1.29, 1.82) is 0 Å². The summed E-state index contributed by atoms with van der Waals surface area (Å²) in [5, 5.41) is 15.6. The van der Waals surface area contributed by atoms with E-state index in [1.54, 1.807) is 0 Å². The molecule has 0 aliphatic carbocycles. The molecule has 2 N–H and O–H groups in total. The van der Waals surface area contributed by atoms with Crippen molar-refractivity contribution in [2.24, 2.45) is 5.92 Å². The second-order valence-electron chi connectivity index (χ2n) is 7.73. The van der Waals surface area contributed by atoms with Crippen LogP contribution >= 0.6 is 0 Å². The molecule has 0 saturated carbocycles. The van der Waals surface area contributed by atoms with Gasteiger partial charge in [-0.2, -0.15) is 0 Å². The second-order valence-corrected chi connectivity index (χ2v) is 7.73. The number of hydrogen-bond donors (Lipinski definition) is 2. The molecule has 0 aromatic heterocycles. The second kappa shape index (κ2) is 11.9. The third kappa shape index (κ3) is 7.00. The monoisotopic (exact) mass is 453 g/mol. The Hall–Kier alpha value is -3.49. The standard InChI is InChI=1S/C21H23NO3.C4H4O4/c23-21-18(15-22-11-13-24-14-12-22)19(16-7-3-1-4-8-16)20(25-21)17-9-5-2-6-10-17;5-3(6)1-2-4(7)8/h1-10,18-20H,11-15H2;1-2H,(H,5,6)(H,7,8)/b;2-1+/t18-,19+,20+;/m0./s1. The molecule has 2 saturated heterocycles. The zero-order valence-corrected chi connectivity index (χ0v) is 18.1. The highest BCUT2D eigenvalue weighted by Gasteiger charge is 2.46. The zero-order valence-electron chi connectivity index (χ0n) is 18.1. The van der Waals surface area contributed by atoms with E-state index in [1.165, 1.54) is 5.56 Å². The fourth-order valence-electron chi connectivity index (χ4n) is 4.04. The van der Waals surface area contributed by atoms with Crippen molar-refractivity contribution in [1.82, 2.24) is 4.90 Å². The molecule has 2 aromatic rings. The van der Waals surface area contributed by atoms with E-state index in [0.717, 1.165) is 38.4 Å². The Kier molecular flexibility index (Phi) is 8.74. The van der Waals surface area contributed by atoms with Gasteiger partial charge >= 0.3 is 17.9 Å². The average molecular weight is 453 g/mol. The van der Waals surface area contributed by atoms with Crippen LogP contribution in [0.1, 0.15) is 23.1 Å². The Morgan fingerprint density at radius 3 is 1.91 bits per heavy atom. The van der Waals surface area contributed by atoms with Crippen LogP contribution in [0.15, 0.2) is 72.8 Å². The molecule has 3 atom stereocenters. The predicted molar refractivity (Wildman–Crippen MR) is 120 cm³/mol. The van der Waals surface area contributed by atoms with Gasteiger partial charge < -0.3 is 19.7 Å². The maximum atomic E-state index is 12.7. The number of esters is 1. The van der Waals surface area contributed by atoms with Gasteiger partial charge in [-0.25, -0.2) is 9.59 Å². The summed E-state index contributed by atoms with van der Waals surface area (Å²) in [6.07, 6.45) is 0.896. The number of rotatable bonds is 6. The average Bonchev–Trinajstić information content (AvgIpc) is 3.16. The number of hydrogen-bond acceptors (Lipinski definition) is 6. The molecule has 2 fully saturated rings. The van der Waals surface area contributed by atoms with Crippen molar-refractivity contribution < 1.29 is 34.1 Å². The lowest BCUT2D eigenvalue weighted by molar-refractivity contribution is -0.145. The SMILES string of the molecule is O=C(O)/C=C/C(=O)O.O=C1O[C@H](c2ccccc2)[C@H](c2ccccc2)[C@@H]1CN1CCOCC1. The molecule has 2 aliphatic rings. The minimum atomic E-state index is -1.26. The first-order chi connectivity index (χ1) is 16.0. The summed E-state index contributed by atoms with van der Waals surface area (Å²) in [5.74, 6) is -2.71. The summed E-state index contributed by atoms with van der Waals surface area (Å²) in [6.45, 7) is 3.95. The quantitative estimate of drug-likeness (QED) is 0.507. The van der Waals surface area contributed by atoms with Crippen LogP contribution in [0.5, 0.6) is 0 Å². The number of ether oxygens (including phenoxy) is 2. The van der Waals surface area contributed by atoms with E-state index in [2.05, 4.69) is 17.0 Å². The van der Waals surface area contributed by atoms with Crippen LogP contribution in [-0.2, 0) is 23.9 Å². The highest BCUT2D eigenvalue weighted by molar-refractivity contribution is 5.89. The van der Waals surface area contributed by atoms with E-state index < -0.39 is 11.9 Å². The van der Waals surface area contributed by atoms with Crippen LogP contribution in [0.3, 0.4) is 0 Å². The van der Waals surface area contributed by atoms with E-state index in [0.29, 0.717) is 12.2 Å². The summed E-state index contributed by atoms with van der Waals surface area (Å²) >= 11 is 0. The molecular formula is C25H27NO7. The minimum absolute atomic E-state index is 0.0407. The molecular weight excluding hydrogens is 426 g/mol. The van der Waals surface area contributed by atoms with Crippen molar-refractivity contribution in [3.05, 3.63) is 83.9 Å². The number of aliphatic carboxylic acids is 2. The lowest BCUT2D eigenvalue weighted by atomic mass is 9.81. The van der Waals surface area contributed by atoms with Gasteiger partial charge in [0, 0.05) is 37.7 Å². The van der Waals surface area contributed by atoms with E-state index >= 15 is 0 Å². The fraction of sp³-hybridized carbons (Fsp3) is 0.320. The number of carbonyl (C=O) groups excluding carboxylic acids is 1. The third-order valence-electron chi connectivity index (χ3n) is 5.55. The number of carbonyl (C=O) groups is 3. The van der Waals surface area contributed by atoms with Gasteiger partial charge in [0.15, 0.2) is 0 Å². The molecule has 0 unspecified atom stereocenters. The molecule has 2 aliphatic heterocycles. The van der Waals surface area contributed by atoms with Gasteiger partial charge in [0.2, 0.25) is 0 Å². The minimum Gasteiger partial charge on any atom is -0.478 e.